The molecule has 1 N–H and O–H groups in total. The fourth-order valence-corrected chi connectivity index (χ4v) is 2.72. The molecular formula is C18H20N4OS. The Bertz CT molecular complexity index is 895. The van der Waals surface area contributed by atoms with E-state index >= 15 is 0 Å². The van der Waals surface area contributed by atoms with Gasteiger partial charge in [-0.3, -0.25) is 4.79 Å². The molecule has 6 heteroatoms. The lowest BCUT2D eigenvalue weighted by Gasteiger charge is -2.13. The summed E-state index contributed by atoms with van der Waals surface area (Å²) in [5, 5.41) is 7.27. The van der Waals surface area contributed by atoms with Gasteiger partial charge in [-0.1, -0.05) is 26.8 Å². The van der Waals surface area contributed by atoms with Crippen molar-refractivity contribution in [1.29, 1.82) is 0 Å². The van der Waals surface area contributed by atoms with Crippen LogP contribution in [0.25, 0.3) is 5.65 Å². The number of thioether (sulfide) groups is 1. The molecule has 0 radical (unpaired) electrons. The fraction of sp³-hybridized carbons (Fsp3) is 0.278. The summed E-state index contributed by atoms with van der Waals surface area (Å²) < 4.78 is 1.66. The quantitative estimate of drug-likeness (QED) is 0.732. The van der Waals surface area contributed by atoms with Gasteiger partial charge in [-0.25, -0.2) is 9.50 Å². The lowest BCUT2D eigenvalue weighted by Crippen LogP contribution is -2.15. The van der Waals surface area contributed by atoms with Gasteiger partial charge in [0.25, 0.3) is 5.91 Å². The Labute approximate surface area is 145 Å². The van der Waals surface area contributed by atoms with E-state index in [-0.39, 0.29) is 11.3 Å². The summed E-state index contributed by atoms with van der Waals surface area (Å²) in [6.07, 6.45) is 3.88. The van der Waals surface area contributed by atoms with Gasteiger partial charge in [0.1, 0.15) is 5.69 Å². The van der Waals surface area contributed by atoms with Crippen molar-refractivity contribution in [2.75, 3.05) is 11.6 Å². The number of nitrogens with one attached hydrogen (secondary N) is 1. The first-order valence-electron chi connectivity index (χ1n) is 7.69. The Morgan fingerprint density at radius 3 is 2.71 bits per heavy atom. The van der Waals surface area contributed by atoms with Gasteiger partial charge in [0.15, 0.2) is 5.65 Å². The van der Waals surface area contributed by atoms with Crippen molar-refractivity contribution in [3.05, 3.63) is 54.0 Å². The molecule has 0 aliphatic carbocycles. The third kappa shape index (κ3) is 3.43. The van der Waals surface area contributed by atoms with E-state index in [4.69, 9.17) is 0 Å². The molecular weight excluding hydrogens is 320 g/mol. The van der Waals surface area contributed by atoms with Crippen molar-refractivity contribution in [2.45, 2.75) is 31.1 Å². The van der Waals surface area contributed by atoms with Crippen LogP contribution in [0.15, 0.2) is 47.5 Å². The van der Waals surface area contributed by atoms with Gasteiger partial charge in [-0.15, -0.1) is 11.8 Å². The lowest BCUT2D eigenvalue weighted by molar-refractivity contribution is 0.102. The Kier molecular flexibility index (Phi) is 4.32. The number of rotatable bonds is 3. The van der Waals surface area contributed by atoms with E-state index in [1.165, 1.54) is 0 Å². The Morgan fingerprint density at radius 2 is 2.00 bits per heavy atom. The molecule has 3 aromatic rings. The van der Waals surface area contributed by atoms with E-state index in [2.05, 4.69) is 36.2 Å². The number of carbonyl (C=O) groups is 1. The van der Waals surface area contributed by atoms with Crippen LogP contribution in [-0.2, 0) is 5.41 Å². The Hall–Kier alpha value is -2.34. The van der Waals surface area contributed by atoms with Gasteiger partial charge in [0, 0.05) is 16.0 Å². The van der Waals surface area contributed by atoms with E-state index in [1.807, 2.05) is 42.8 Å². The zero-order valence-electron chi connectivity index (χ0n) is 14.2. The van der Waals surface area contributed by atoms with Crippen molar-refractivity contribution < 1.29 is 4.79 Å². The van der Waals surface area contributed by atoms with Crippen LogP contribution >= 0.6 is 11.8 Å². The summed E-state index contributed by atoms with van der Waals surface area (Å²) in [5.74, 6) is -0.235. The van der Waals surface area contributed by atoms with Crippen molar-refractivity contribution in [1.82, 2.24) is 14.6 Å². The minimum Gasteiger partial charge on any atom is -0.321 e. The number of nitrogens with zero attached hydrogens (tertiary/aromatic N) is 3. The topological polar surface area (TPSA) is 59.3 Å². The molecule has 3 rings (SSSR count). The van der Waals surface area contributed by atoms with Gasteiger partial charge in [-0.05, 0) is 36.6 Å². The van der Waals surface area contributed by atoms with Gasteiger partial charge in [0.2, 0.25) is 0 Å². The maximum absolute atomic E-state index is 12.4. The average molecular weight is 340 g/mol. The normalized spacial score (nSPS) is 11.7. The van der Waals surface area contributed by atoms with Crippen molar-refractivity contribution >= 4 is 29.0 Å². The molecule has 2 aromatic heterocycles. The smallest absolute Gasteiger partial charge is 0.276 e. The van der Waals surface area contributed by atoms with Crippen molar-refractivity contribution in [3.63, 3.8) is 0 Å². The van der Waals surface area contributed by atoms with Crippen LogP contribution in [0.1, 0.15) is 37.0 Å². The van der Waals surface area contributed by atoms with E-state index in [0.717, 1.165) is 21.9 Å². The average Bonchev–Trinajstić information content (AvgIpc) is 2.98. The summed E-state index contributed by atoms with van der Waals surface area (Å²) >= 11 is 1.63. The Balaban J connectivity index is 1.87. The third-order valence-electron chi connectivity index (χ3n) is 3.65. The highest BCUT2D eigenvalue weighted by atomic mass is 32.2. The molecule has 0 atom stereocenters. The molecule has 0 aliphatic rings. The van der Waals surface area contributed by atoms with Crippen molar-refractivity contribution in [2.24, 2.45) is 0 Å². The number of benzene rings is 1. The highest BCUT2D eigenvalue weighted by molar-refractivity contribution is 7.98. The molecule has 5 nitrogen and oxygen atoms in total. The molecule has 0 fully saturated rings. The van der Waals surface area contributed by atoms with Crippen molar-refractivity contribution in [3.8, 4) is 0 Å². The molecule has 0 aliphatic heterocycles. The number of amides is 1. The highest BCUT2D eigenvalue weighted by Crippen LogP contribution is 2.22. The maximum atomic E-state index is 12.4. The van der Waals surface area contributed by atoms with Crippen LogP contribution in [-0.4, -0.2) is 26.8 Å². The number of anilines is 1. The van der Waals surface area contributed by atoms with Gasteiger partial charge >= 0.3 is 0 Å². The predicted octanol–water partition coefficient (Wildman–Crippen LogP) is 4.00. The summed E-state index contributed by atoms with van der Waals surface area (Å²) in [4.78, 5) is 18.1. The second-order valence-corrected chi connectivity index (χ2v) is 7.46. The van der Waals surface area contributed by atoms with Crippen LogP contribution in [0.4, 0.5) is 5.69 Å². The number of aromatic nitrogens is 3. The first kappa shape index (κ1) is 16.5. The second kappa shape index (κ2) is 6.28. The number of hydrogen-bond acceptors (Lipinski definition) is 4. The number of carbonyl (C=O) groups excluding carboxylic acids is 1. The van der Waals surface area contributed by atoms with Crippen LogP contribution in [0.3, 0.4) is 0 Å². The van der Waals surface area contributed by atoms with E-state index in [9.17, 15) is 4.79 Å². The second-order valence-electron chi connectivity index (χ2n) is 6.58. The van der Waals surface area contributed by atoms with Gasteiger partial charge in [0.05, 0.1) is 11.9 Å². The molecule has 1 amide bonds. The summed E-state index contributed by atoms with van der Waals surface area (Å²) in [7, 11) is 0. The number of fused-ring (bicyclic) bond motifs is 1. The van der Waals surface area contributed by atoms with E-state index in [0.29, 0.717) is 5.69 Å². The minimum absolute atomic E-state index is 0.0611. The molecule has 0 saturated carbocycles. The zero-order chi connectivity index (χ0) is 17.3. The molecule has 1 aromatic carbocycles. The molecule has 2 heterocycles. The lowest BCUT2D eigenvalue weighted by atomic mass is 9.93. The predicted molar refractivity (Wildman–Crippen MR) is 97.9 cm³/mol. The standard InChI is InChI=1S/C18H20N4OS/c1-18(2,3)15-11-22-16(20-15)9-8-14(21-22)17(23)19-12-6-5-7-13(10-12)24-4/h5-11H,1-4H3,(H,19,23). The van der Waals surface area contributed by atoms with Crippen LogP contribution < -0.4 is 5.32 Å². The summed E-state index contributed by atoms with van der Waals surface area (Å²) in [6.45, 7) is 6.30. The SMILES string of the molecule is CSc1cccc(NC(=O)c2ccc3nc(C(C)(C)C)cn3n2)c1. The Morgan fingerprint density at radius 1 is 1.21 bits per heavy atom. The van der Waals surface area contributed by atoms with Gasteiger partial charge in [-0.2, -0.15) is 5.10 Å². The fourth-order valence-electron chi connectivity index (χ4n) is 2.26. The largest absolute Gasteiger partial charge is 0.321 e. The number of hydrogen-bond donors (Lipinski definition) is 1. The molecule has 0 saturated heterocycles. The van der Waals surface area contributed by atoms with Gasteiger partial charge < -0.3 is 5.32 Å². The first-order chi connectivity index (χ1) is 11.4. The van der Waals surface area contributed by atoms with Crippen LogP contribution in [0.5, 0.6) is 0 Å². The number of imidazole rings is 1. The molecule has 24 heavy (non-hydrogen) atoms. The molecule has 0 spiro atoms. The minimum atomic E-state index is -0.235. The van der Waals surface area contributed by atoms with E-state index in [1.54, 1.807) is 22.3 Å². The summed E-state index contributed by atoms with van der Waals surface area (Å²) in [6, 6.07) is 11.2. The monoisotopic (exact) mass is 340 g/mol. The van der Waals surface area contributed by atoms with E-state index < -0.39 is 0 Å². The van der Waals surface area contributed by atoms with Crippen LogP contribution in [0, 0.1) is 0 Å². The summed E-state index contributed by atoms with van der Waals surface area (Å²) in [5.41, 5.74) is 2.74. The molecule has 124 valence electrons. The first-order valence-corrected chi connectivity index (χ1v) is 8.91. The molecule has 0 bridgehead atoms. The zero-order valence-corrected chi connectivity index (χ0v) is 15.0. The van der Waals surface area contributed by atoms with Crippen LogP contribution in [0.2, 0.25) is 0 Å². The molecule has 0 unspecified atom stereocenters. The maximum Gasteiger partial charge on any atom is 0.276 e. The highest BCUT2D eigenvalue weighted by Gasteiger charge is 2.18. The third-order valence-corrected chi connectivity index (χ3v) is 4.37.